The summed E-state index contributed by atoms with van der Waals surface area (Å²) < 4.78 is 32.7. The maximum absolute atomic E-state index is 11.9. The van der Waals surface area contributed by atoms with Crippen molar-refractivity contribution in [3.8, 4) is 0 Å². The number of rotatable bonds is 5. The maximum Gasteiger partial charge on any atom is 0.422 e. The average molecular weight is 308 g/mol. The molecule has 8 heteroatoms. The Kier molecular flexibility index (Phi) is 5.79. The molecule has 0 unspecified atom stereocenters. The van der Waals surface area contributed by atoms with E-state index in [0.29, 0.717) is 18.8 Å². The largest absolute Gasteiger partial charge is 0.446 e. The van der Waals surface area contributed by atoms with Gasteiger partial charge < -0.3 is 9.84 Å². The number of nitrogens with one attached hydrogen (secondary N) is 2. The predicted molar refractivity (Wildman–Crippen MR) is 74.3 cm³/mol. The van der Waals surface area contributed by atoms with Gasteiger partial charge in [-0.2, -0.15) is 13.1 Å². The van der Waals surface area contributed by atoms with Gasteiger partial charge in [0, 0.05) is 0 Å². The molecule has 1 aliphatic rings. The lowest BCUT2D eigenvalue weighted by Gasteiger charge is -2.38. The van der Waals surface area contributed by atoms with E-state index in [-0.39, 0.29) is 6.61 Å². The lowest BCUT2D eigenvalue weighted by atomic mass is 9.78. The second-order valence-electron chi connectivity index (χ2n) is 5.78. The summed E-state index contributed by atoms with van der Waals surface area (Å²) in [6, 6.07) is 0. The Hall–Kier alpha value is -0.860. The van der Waals surface area contributed by atoms with Crippen molar-refractivity contribution >= 4 is 16.3 Å². The highest BCUT2D eigenvalue weighted by Crippen LogP contribution is 2.31. The molecule has 0 bridgehead atoms. The van der Waals surface area contributed by atoms with E-state index in [0.717, 1.165) is 12.8 Å². The van der Waals surface area contributed by atoms with Crippen LogP contribution in [0, 0.1) is 5.92 Å². The van der Waals surface area contributed by atoms with Gasteiger partial charge >= 0.3 is 16.3 Å². The minimum absolute atomic E-state index is 0.292. The van der Waals surface area contributed by atoms with E-state index in [1.54, 1.807) is 18.6 Å². The molecule has 3 N–H and O–H groups in total. The first-order valence-electron chi connectivity index (χ1n) is 6.81. The number of aliphatic hydroxyl groups is 1. The Labute approximate surface area is 120 Å². The smallest absolute Gasteiger partial charge is 0.422 e. The van der Waals surface area contributed by atoms with E-state index in [4.69, 9.17) is 4.74 Å². The maximum atomic E-state index is 11.9. The molecule has 0 atom stereocenters. The second-order valence-corrected chi connectivity index (χ2v) is 7.20. The average Bonchev–Trinajstić information content (AvgIpc) is 2.30. The van der Waals surface area contributed by atoms with Gasteiger partial charge in [-0.25, -0.2) is 9.52 Å². The summed E-state index contributed by atoms with van der Waals surface area (Å²) in [7, 11) is -4.05. The molecule has 1 fully saturated rings. The van der Waals surface area contributed by atoms with Gasteiger partial charge in [0.05, 0.1) is 18.2 Å². The number of aliphatic hydroxyl groups excluding tert-OH is 1. The van der Waals surface area contributed by atoms with Gasteiger partial charge in [0.25, 0.3) is 0 Å². The third kappa shape index (κ3) is 5.26. The molecule has 0 heterocycles. The summed E-state index contributed by atoms with van der Waals surface area (Å²) in [6.07, 6.45) is 1.33. The molecule has 0 radical (unpaired) electrons. The molecule has 20 heavy (non-hydrogen) atoms. The van der Waals surface area contributed by atoms with Crippen molar-refractivity contribution in [2.45, 2.75) is 58.1 Å². The number of carbonyl (C=O) groups excluding carboxylic acids is 1. The fourth-order valence-electron chi connectivity index (χ4n) is 2.27. The Balaban J connectivity index is 2.66. The number of hydrogen-bond acceptors (Lipinski definition) is 5. The molecule has 118 valence electrons. The van der Waals surface area contributed by atoms with Crippen LogP contribution in [0.4, 0.5) is 4.79 Å². The van der Waals surface area contributed by atoms with Crippen LogP contribution < -0.4 is 9.44 Å². The zero-order valence-electron chi connectivity index (χ0n) is 12.2. The van der Waals surface area contributed by atoms with Gasteiger partial charge in [0.1, 0.15) is 0 Å². The summed E-state index contributed by atoms with van der Waals surface area (Å²) in [4.78, 5) is 11.3. The minimum Gasteiger partial charge on any atom is -0.446 e. The quantitative estimate of drug-likeness (QED) is 0.700. The molecule has 1 amide bonds. The third-order valence-corrected chi connectivity index (χ3v) is 4.58. The molecule has 0 aliphatic heterocycles. The topological polar surface area (TPSA) is 105 Å². The number of hydrogen-bond donors (Lipinski definition) is 3. The van der Waals surface area contributed by atoms with Crippen LogP contribution in [-0.2, 0) is 14.9 Å². The van der Waals surface area contributed by atoms with Crippen LogP contribution in [0.3, 0.4) is 0 Å². The van der Waals surface area contributed by atoms with E-state index in [9.17, 15) is 18.3 Å². The summed E-state index contributed by atoms with van der Waals surface area (Å²) in [6.45, 7) is 5.04. The van der Waals surface area contributed by atoms with Gasteiger partial charge in [-0.15, -0.1) is 0 Å². The molecule has 0 aromatic rings. The number of carbonyl (C=O) groups is 1. The molecular weight excluding hydrogens is 284 g/mol. The lowest BCUT2D eigenvalue weighted by molar-refractivity contribution is 0.117. The van der Waals surface area contributed by atoms with Crippen LogP contribution >= 0.6 is 0 Å². The first-order valence-corrected chi connectivity index (χ1v) is 8.29. The molecule has 0 aromatic heterocycles. The Bertz CT molecular complexity index is 427. The van der Waals surface area contributed by atoms with E-state index in [1.165, 1.54) is 0 Å². The first-order chi connectivity index (χ1) is 9.18. The van der Waals surface area contributed by atoms with Crippen LogP contribution in [0.15, 0.2) is 0 Å². The Morgan fingerprint density at radius 2 is 1.95 bits per heavy atom. The van der Waals surface area contributed by atoms with Gasteiger partial charge in [0.15, 0.2) is 0 Å². The van der Waals surface area contributed by atoms with Crippen molar-refractivity contribution in [2.24, 2.45) is 5.92 Å². The molecule has 1 rings (SSSR count). The summed E-state index contributed by atoms with van der Waals surface area (Å²) in [5.74, 6) is 0.512. The van der Waals surface area contributed by atoms with Crippen molar-refractivity contribution in [1.29, 1.82) is 0 Å². The van der Waals surface area contributed by atoms with Crippen molar-refractivity contribution in [1.82, 2.24) is 9.44 Å². The van der Waals surface area contributed by atoms with Crippen LogP contribution in [0.2, 0.25) is 0 Å². The molecule has 0 spiro atoms. The van der Waals surface area contributed by atoms with Gasteiger partial charge in [-0.1, -0.05) is 6.92 Å². The van der Waals surface area contributed by atoms with Gasteiger partial charge in [0.2, 0.25) is 0 Å². The van der Waals surface area contributed by atoms with E-state index in [1.807, 2.05) is 0 Å². The highest BCUT2D eigenvalue weighted by Gasteiger charge is 2.37. The Morgan fingerprint density at radius 1 is 1.40 bits per heavy atom. The first kappa shape index (κ1) is 17.2. The van der Waals surface area contributed by atoms with Gasteiger partial charge in [-0.05, 0) is 45.4 Å². The fraction of sp³-hybridized carbons (Fsp3) is 0.917. The normalized spacial score (nSPS) is 27.4. The molecule has 1 saturated carbocycles. The zero-order chi connectivity index (χ0) is 15.4. The summed E-state index contributed by atoms with van der Waals surface area (Å²) >= 11 is 0. The third-order valence-electron chi connectivity index (χ3n) is 3.45. The lowest BCUT2D eigenvalue weighted by Crippen LogP contribution is -2.57. The van der Waals surface area contributed by atoms with E-state index in [2.05, 4.69) is 11.6 Å². The van der Waals surface area contributed by atoms with Crippen LogP contribution in [0.25, 0.3) is 0 Å². The van der Waals surface area contributed by atoms with E-state index < -0.39 is 27.9 Å². The zero-order valence-corrected chi connectivity index (χ0v) is 13.0. The summed E-state index contributed by atoms with van der Waals surface area (Å²) in [5.41, 5.74) is -0.892. The highest BCUT2D eigenvalue weighted by molar-refractivity contribution is 7.88. The molecular formula is C12H24N2O5S. The molecule has 0 saturated heterocycles. The number of ether oxygens (including phenoxy) is 1. The fourth-order valence-corrected chi connectivity index (χ4v) is 3.42. The minimum atomic E-state index is -4.05. The monoisotopic (exact) mass is 308 g/mol. The van der Waals surface area contributed by atoms with Crippen LogP contribution in [0.1, 0.15) is 46.5 Å². The molecule has 0 aromatic carbocycles. The van der Waals surface area contributed by atoms with Crippen molar-refractivity contribution in [3.63, 3.8) is 0 Å². The SMILES string of the molecule is CC1CCC(CO)(NS(=O)(=O)NC(=O)OC(C)C)CC1. The Morgan fingerprint density at radius 3 is 2.40 bits per heavy atom. The van der Waals surface area contributed by atoms with Crippen LogP contribution in [-0.4, -0.2) is 37.9 Å². The molecule has 7 nitrogen and oxygen atoms in total. The predicted octanol–water partition coefficient (Wildman–Crippen LogP) is 0.897. The number of amides is 1. The van der Waals surface area contributed by atoms with Crippen molar-refractivity contribution in [2.75, 3.05) is 6.61 Å². The standard InChI is InChI=1S/C12H24N2O5S/c1-9(2)19-11(16)13-20(17,18)14-12(8-15)6-4-10(3)5-7-12/h9-10,14-15H,4-8H2,1-3H3,(H,13,16). The summed E-state index contributed by atoms with van der Waals surface area (Å²) in [5, 5.41) is 9.50. The van der Waals surface area contributed by atoms with Crippen LogP contribution in [0.5, 0.6) is 0 Å². The second kappa shape index (κ2) is 6.73. The van der Waals surface area contributed by atoms with E-state index >= 15 is 0 Å². The highest BCUT2D eigenvalue weighted by atomic mass is 32.2. The van der Waals surface area contributed by atoms with Gasteiger partial charge in [-0.3, -0.25) is 0 Å². The van der Waals surface area contributed by atoms with Crippen molar-refractivity contribution in [3.05, 3.63) is 0 Å². The van der Waals surface area contributed by atoms with Crippen molar-refractivity contribution < 1.29 is 23.1 Å². The molecule has 1 aliphatic carbocycles.